The van der Waals surface area contributed by atoms with Crippen LogP contribution in [0.2, 0.25) is 0 Å². The van der Waals surface area contributed by atoms with Crippen molar-refractivity contribution >= 4 is 65.2 Å². The third-order valence-corrected chi connectivity index (χ3v) is 14.5. The first-order chi connectivity index (χ1) is 35.2. The second-order valence-corrected chi connectivity index (χ2v) is 22.2. The van der Waals surface area contributed by atoms with Gasteiger partial charge in [-0.25, -0.2) is 53.1 Å². The van der Waals surface area contributed by atoms with E-state index in [0.717, 1.165) is 86.9 Å². The number of aryl methyl sites for hydroxylation is 2. The van der Waals surface area contributed by atoms with Gasteiger partial charge >= 0.3 is 16.2 Å². The number of fused-ring (bicyclic) bond motifs is 2. The molecule has 0 unspecified atom stereocenters. The van der Waals surface area contributed by atoms with Crippen molar-refractivity contribution in [3.8, 4) is 28.6 Å². The Bertz CT molecular complexity index is 3670. The molecule has 74 heavy (non-hydrogen) atoms. The van der Waals surface area contributed by atoms with Gasteiger partial charge in [0.15, 0.2) is 25.6 Å². The lowest BCUT2D eigenvalue weighted by Gasteiger charge is -2.37. The van der Waals surface area contributed by atoms with Crippen molar-refractivity contribution in [2.75, 3.05) is 16.4 Å². The third kappa shape index (κ3) is 12.8. The number of nitriles is 1. The van der Waals surface area contributed by atoms with E-state index in [9.17, 15) is 25.5 Å². The van der Waals surface area contributed by atoms with E-state index in [-0.39, 0.29) is 40.0 Å². The first-order valence-electron chi connectivity index (χ1n) is 23.4. The number of rotatable bonds is 12. The smallest absolute Gasteiger partial charge is 0.348 e. The summed E-state index contributed by atoms with van der Waals surface area (Å²) >= 11 is 0. The van der Waals surface area contributed by atoms with Crippen LogP contribution in [0.4, 0.5) is 20.9 Å². The van der Waals surface area contributed by atoms with Crippen molar-refractivity contribution in [2.24, 2.45) is 11.8 Å². The van der Waals surface area contributed by atoms with E-state index >= 15 is 0 Å². The Hall–Kier alpha value is -8.28. The number of aromatic amines is 2. The lowest BCUT2D eigenvalue weighted by atomic mass is 9.78. The number of aromatic nitrogens is 10. The van der Waals surface area contributed by atoms with Crippen LogP contribution in [0.1, 0.15) is 70.1 Å². The summed E-state index contributed by atoms with van der Waals surface area (Å²) in [5, 5.41) is 17.5. The van der Waals surface area contributed by atoms with E-state index in [0.29, 0.717) is 37.0 Å². The van der Waals surface area contributed by atoms with Crippen LogP contribution >= 0.6 is 0 Å². The molecule has 0 saturated heterocycles. The first-order valence-corrected chi connectivity index (χ1v) is 26.4. The largest absolute Gasteiger partial charge is 0.460 e. The predicted molar refractivity (Wildman–Crippen MR) is 274 cm³/mol. The Morgan fingerprint density at radius 1 is 0.757 bits per heavy atom. The average Bonchev–Trinajstić information content (AvgIpc) is 4.03. The molecule has 0 amide bonds. The Morgan fingerprint density at radius 2 is 1.27 bits per heavy atom. The number of halogens is 1. The number of ether oxygens (including phenoxy) is 1. The van der Waals surface area contributed by atoms with Gasteiger partial charge in [-0.3, -0.25) is 4.79 Å². The molecule has 8 aromatic rings. The fourth-order valence-electron chi connectivity index (χ4n) is 8.61. The van der Waals surface area contributed by atoms with Crippen molar-refractivity contribution in [1.29, 1.82) is 5.26 Å². The SMILES string of the molecule is Cc1nccc(-c2cnc3[nH]ccc3c2NC2CC(CC(=O)OC(C)(C)C)C2)n1.Cc1nccc(-c2cnc3[nH]ccc3c2NC2CC(CS(=O)(=O)c3cc(C#N)ccn3)C2)n1.[C-]#[N+]c1ccnc(S(=O)(=O)F)c1. The van der Waals surface area contributed by atoms with Gasteiger partial charge in [-0.2, -0.15) is 13.7 Å². The maximum atomic E-state index is 12.8. The van der Waals surface area contributed by atoms with Gasteiger partial charge in [-0.05, 0) is 121 Å². The Morgan fingerprint density at radius 3 is 1.77 bits per heavy atom. The lowest BCUT2D eigenvalue weighted by Crippen LogP contribution is -2.39. The Kier molecular flexibility index (Phi) is 15.4. The van der Waals surface area contributed by atoms with Gasteiger partial charge in [0.25, 0.3) is 0 Å². The summed E-state index contributed by atoms with van der Waals surface area (Å²) in [6.45, 7) is 16.0. The van der Waals surface area contributed by atoms with Crippen LogP contribution in [0.5, 0.6) is 0 Å². The predicted octanol–water partition coefficient (Wildman–Crippen LogP) is 8.80. The van der Waals surface area contributed by atoms with Crippen LogP contribution in [0.3, 0.4) is 0 Å². The summed E-state index contributed by atoms with van der Waals surface area (Å²) in [5.41, 5.74) is 6.92. The van der Waals surface area contributed by atoms with Crippen LogP contribution in [0.15, 0.2) is 108 Å². The molecule has 2 saturated carbocycles. The number of pyridine rings is 4. The van der Waals surface area contributed by atoms with E-state index in [1.807, 2.05) is 83.5 Å². The maximum absolute atomic E-state index is 12.8. The van der Waals surface area contributed by atoms with Gasteiger partial charge in [0, 0.05) is 90.0 Å². The molecule has 0 aromatic carbocycles. The van der Waals surface area contributed by atoms with Crippen LogP contribution in [0.25, 0.3) is 49.4 Å². The topological polar surface area (TPSA) is 281 Å². The molecule has 8 heterocycles. The molecule has 20 nitrogen and oxygen atoms in total. The highest BCUT2D eigenvalue weighted by molar-refractivity contribution is 7.91. The Labute approximate surface area is 426 Å². The van der Waals surface area contributed by atoms with Gasteiger partial charge in [-0.15, -0.1) is 0 Å². The average molecular weight is 1040 g/mol. The maximum Gasteiger partial charge on any atom is 0.348 e. The highest BCUT2D eigenvalue weighted by Gasteiger charge is 2.35. The van der Waals surface area contributed by atoms with Gasteiger partial charge in [0.05, 0.1) is 46.7 Å². The number of hydrogen-bond acceptors (Lipinski definition) is 17. The molecule has 23 heteroatoms. The van der Waals surface area contributed by atoms with Crippen LogP contribution in [0, 0.1) is 43.6 Å². The quantitative estimate of drug-likeness (QED) is 0.0505. The van der Waals surface area contributed by atoms with Crippen LogP contribution in [-0.2, 0) is 29.6 Å². The molecule has 4 N–H and O–H groups in total. The molecule has 8 aromatic heterocycles. The number of hydrogen-bond donors (Lipinski definition) is 4. The molecule has 2 fully saturated rings. The molecule has 2 aliphatic carbocycles. The minimum absolute atomic E-state index is 0.0148. The van der Waals surface area contributed by atoms with Crippen LogP contribution < -0.4 is 10.6 Å². The minimum atomic E-state index is -4.79. The van der Waals surface area contributed by atoms with Gasteiger partial charge in [-0.1, -0.05) is 3.89 Å². The number of esters is 1. The fraction of sp³-hybridized carbons (Fsp3) is 0.314. The zero-order valence-corrected chi connectivity index (χ0v) is 42.5. The lowest BCUT2D eigenvalue weighted by molar-refractivity contribution is -0.156. The normalized spacial score (nSPS) is 17.2. The molecule has 0 radical (unpaired) electrons. The standard InChI is InChI=1S/C23H21N7O2S.C22H27N5O2.C6H3FN2O2S/c1-14-25-7-4-20(29-14)19-12-28-23-18(3-6-27-23)22(19)30-17-8-16(9-17)13-33(31,32)21-10-15(11-24)2-5-26-21;1-13-23-8-6-18(26-13)17-12-25-21-16(5-7-24-21)20(17)27-15-9-14(10-15)11-19(28)29-22(2,3)4;1-8-5-2-3-9-6(4-5)12(7,10)11/h2-7,10,12,16-17H,8-9,13H2,1H3,(H2,27,28,30);5-8,12,14-15H,9-11H2,1-4H3,(H2,24,25,27);2-4H. The number of carbonyl (C=O) groups is 1. The molecule has 0 atom stereocenters. The molecule has 2 aliphatic rings. The van der Waals surface area contributed by atoms with Gasteiger partial charge in [0.1, 0.15) is 28.5 Å². The second kappa shape index (κ2) is 21.8. The Balaban J connectivity index is 0.000000163. The third-order valence-electron chi connectivity index (χ3n) is 12.1. The van der Waals surface area contributed by atoms with Crippen molar-refractivity contribution in [3.63, 3.8) is 0 Å². The first kappa shape index (κ1) is 52.1. The number of anilines is 2. The number of carbonyl (C=O) groups excluding carboxylic acids is 1. The van der Waals surface area contributed by atoms with Crippen molar-refractivity contribution < 1.29 is 30.3 Å². The summed E-state index contributed by atoms with van der Waals surface area (Å²) < 4.78 is 63.8. The molecule has 0 bridgehead atoms. The van der Waals surface area contributed by atoms with Crippen LogP contribution in [-0.4, -0.2) is 96.1 Å². The van der Waals surface area contributed by atoms with E-state index in [1.165, 1.54) is 24.4 Å². The van der Waals surface area contributed by atoms with Crippen molar-refractivity contribution in [2.45, 2.75) is 94.5 Å². The van der Waals surface area contributed by atoms with Crippen molar-refractivity contribution in [3.05, 3.63) is 127 Å². The van der Waals surface area contributed by atoms with E-state index in [2.05, 4.69) is 65.3 Å². The van der Waals surface area contributed by atoms with E-state index in [1.54, 1.807) is 18.6 Å². The molecule has 0 spiro atoms. The monoisotopic (exact) mass is 1040 g/mol. The number of H-pyrrole nitrogens is 2. The van der Waals surface area contributed by atoms with E-state index in [4.69, 9.17) is 16.6 Å². The second-order valence-electron chi connectivity index (χ2n) is 18.9. The van der Waals surface area contributed by atoms with Gasteiger partial charge in [0.2, 0.25) is 0 Å². The van der Waals surface area contributed by atoms with E-state index < -0.39 is 30.7 Å². The number of nitrogens with one attached hydrogen (secondary N) is 4. The summed E-state index contributed by atoms with van der Waals surface area (Å²) in [6, 6.07) is 15.1. The highest BCUT2D eigenvalue weighted by atomic mass is 32.3. The summed E-state index contributed by atoms with van der Waals surface area (Å²) in [7, 11) is -8.34. The van der Waals surface area contributed by atoms with Crippen molar-refractivity contribution in [1.82, 2.24) is 49.8 Å². The molecule has 10 rings (SSSR count). The molecule has 380 valence electrons. The zero-order valence-electron chi connectivity index (χ0n) is 40.9. The van der Waals surface area contributed by atoms with Gasteiger partial charge < -0.3 is 25.3 Å². The minimum Gasteiger partial charge on any atom is -0.460 e. The number of sulfone groups is 1. The molecule has 0 aliphatic heterocycles. The summed E-state index contributed by atoms with van der Waals surface area (Å²) in [5.74, 6) is 1.68. The fourth-order valence-corrected chi connectivity index (χ4v) is 10.7. The summed E-state index contributed by atoms with van der Waals surface area (Å²) in [4.78, 5) is 55.0. The summed E-state index contributed by atoms with van der Waals surface area (Å²) in [6.07, 6.45) is 17.1. The number of nitrogens with zero attached hydrogens (tertiary/aromatic N) is 10. The zero-order chi connectivity index (χ0) is 52.8. The molecular formula is C51H51FN14O6S2. The highest BCUT2D eigenvalue weighted by Crippen LogP contribution is 2.40. The molecular weight excluding hydrogens is 988 g/mol.